The predicted molar refractivity (Wildman–Crippen MR) is 61.9 cm³/mol. The summed E-state index contributed by atoms with van der Waals surface area (Å²) in [6, 6.07) is 3.18. The number of amides is 2. The van der Waals surface area contributed by atoms with E-state index in [1.54, 1.807) is 6.92 Å². The van der Waals surface area contributed by atoms with Crippen molar-refractivity contribution < 1.29 is 18.0 Å². The lowest BCUT2D eigenvalue weighted by atomic mass is 10.2. The molecule has 18 heavy (non-hydrogen) atoms. The minimum atomic E-state index is -4.44. The van der Waals surface area contributed by atoms with Crippen LogP contribution in [0.1, 0.15) is 12.5 Å². The first kappa shape index (κ1) is 13.9. The van der Waals surface area contributed by atoms with Gasteiger partial charge in [0.25, 0.3) is 0 Å². The van der Waals surface area contributed by atoms with E-state index in [1.165, 1.54) is 12.1 Å². The molecule has 0 heterocycles. The Hall–Kier alpha value is -2.16. The topological polar surface area (TPSA) is 41.1 Å². The summed E-state index contributed by atoms with van der Waals surface area (Å²) in [4.78, 5) is 11.3. The molecule has 0 saturated heterocycles. The minimum Gasteiger partial charge on any atom is -0.325 e. The first-order valence-electron chi connectivity index (χ1n) is 5.04. The van der Waals surface area contributed by atoms with Gasteiger partial charge in [0.05, 0.1) is 11.6 Å². The van der Waals surface area contributed by atoms with E-state index in [4.69, 9.17) is 6.42 Å². The second kappa shape index (κ2) is 5.45. The number of terminal acetylenes is 1. The summed E-state index contributed by atoms with van der Waals surface area (Å²) in [5, 5.41) is 4.64. The van der Waals surface area contributed by atoms with Crippen molar-refractivity contribution in [1.82, 2.24) is 5.32 Å². The first-order chi connectivity index (χ1) is 8.32. The van der Waals surface area contributed by atoms with Crippen molar-refractivity contribution in [3.05, 3.63) is 29.8 Å². The number of halogens is 3. The Balaban J connectivity index is 2.75. The summed E-state index contributed by atoms with van der Waals surface area (Å²) in [5.74, 6) is 2.27. The van der Waals surface area contributed by atoms with E-state index in [2.05, 4.69) is 16.6 Å². The first-order valence-corrected chi connectivity index (χ1v) is 5.04. The Bertz CT molecular complexity index is 477. The molecule has 3 nitrogen and oxygen atoms in total. The highest BCUT2D eigenvalue weighted by Crippen LogP contribution is 2.30. The van der Waals surface area contributed by atoms with E-state index in [-0.39, 0.29) is 5.69 Å². The van der Waals surface area contributed by atoms with Gasteiger partial charge in [-0.05, 0) is 25.1 Å². The fraction of sp³-hybridized carbons (Fsp3) is 0.250. The van der Waals surface area contributed by atoms with Crippen LogP contribution >= 0.6 is 0 Å². The zero-order valence-corrected chi connectivity index (χ0v) is 9.51. The Morgan fingerprint density at radius 3 is 2.67 bits per heavy atom. The van der Waals surface area contributed by atoms with Crippen LogP contribution in [0.2, 0.25) is 0 Å². The number of nitrogens with one attached hydrogen (secondary N) is 2. The molecule has 2 N–H and O–H groups in total. The Kier molecular flexibility index (Phi) is 4.21. The fourth-order valence-corrected chi connectivity index (χ4v) is 1.18. The van der Waals surface area contributed by atoms with Crippen LogP contribution in [0.4, 0.5) is 23.7 Å². The Morgan fingerprint density at radius 2 is 2.11 bits per heavy atom. The molecule has 0 aliphatic carbocycles. The van der Waals surface area contributed by atoms with Gasteiger partial charge >= 0.3 is 12.2 Å². The number of hydrogen-bond donors (Lipinski definition) is 2. The largest absolute Gasteiger partial charge is 0.416 e. The molecular formula is C12H11F3N2O. The lowest BCUT2D eigenvalue weighted by Crippen LogP contribution is -2.35. The van der Waals surface area contributed by atoms with Crippen molar-refractivity contribution in [3.8, 4) is 12.3 Å². The molecule has 6 heteroatoms. The molecule has 1 atom stereocenters. The second-order valence-electron chi connectivity index (χ2n) is 3.57. The monoisotopic (exact) mass is 256 g/mol. The molecular weight excluding hydrogens is 245 g/mol. The molecule has 0 fully saturated rings. The molecule has 2 amide bonds. The maximum atomic E-state index is 12.4. The fourth-order valence-electron chi connectivity index (χ4n) is 1.18. The van der Waals surface area contributed by atoms with Crippen LogP contribution in [0.5, 0.6) is 0 Å². The molecule has 0 spiro atoms. The van der Waals surface area contributed by atoms with Gasteiger partial charge in [-0.3, -0.25) is 0 Å². The average Bonchev–Trinajstić information content (AvgIpc) is 2.27. The normalized spacial score (nSPS) is 12.4. The van der Waals surface area contributed by atoms with Gasteiger partial charge in [-0.25, -0.2) is 4.79 Å². The lowest BCUT2D eigenvalue weighted by molar-refractivity contribution is -0.137. The molecule has 0 aliphatic rings. The van der Waals surface area contributed by atoms with Crippen molar-refractivity contribution in [2.75, 3.05) is 5.32 Å². The molecule has 0 radical (unpaired) electrons. The smallest absolute Gasteiger partial charge is 0.325 e. The highest BCUT2D eigenvalue weighted by Gasteiger charge is 2.30. The standard InChI is InChI=1S/C12H11F3N2O/c1-3-8(2)16-11(18)17-10-6-4-5-9(7-10)12(13,14)15/h1,4-8H,2H3,(H2,16,17,18). The van der Waals surface area contributed by atoms with Crippen LogP contribution < -0.4 is 10.6 Å². The van der Waals surface area contributed by atoms with Gasteiger partial charge < -0.3 is 10.6 Å². The number of urea groups is 1. The van der Waals surface area contributed by atoms with Crippen LogP contribution in [-0.2, 0) is 6.18 Å². The minimum absolute atomic E-state index is 0.0477. The van der Waals surface area contributed by atoms with Gasteiger partial charge in [0.2, 0.25) is 0 Å². The van der Waals surface area contributed by atoms with Crippen LogP contribution in [0.15, 0.2) is 24.3 Å². The lowest BCUT2D eigenvalue weighted by Gasteiger charge is -2.11. The zero-order valence-electron chi connectivity index (χ0n) is 9.51. The van der Waals surface area contributed by atoms with E-state index in [9.17, 15) is 18.0 Å². The van der Waals surface area contributed by atoms with Crippen molar-refractivity contribution in [1.29, 1.82) is 0 Å². The summed E-state index contributed by atoms with van der Waals surface area (Å²) in [6.07, 6.45) is 0.609. The molecule has 1 unspecified atom stereocenters. The molecule has 1 rings (SSSR count). The van der Waals surface area contributed by atoms with E-state index >= 15 is 0 Å². The van der Waals surface area contributed by atoms with E-state index in [0.717, 1.165) is 12.1 Å². The van der Waals surface area contributed by atoms with Gasteiger partial charge in [-0.15, -0.1) is 6.42 Å². The molecule has 0 bridgehead atoms. The third-order valence-corrected chi connectivity index (χ3v) is 2.05. The average molecular weight is 256 g/mol. The third-order valence-electron chi connectivity index (χ3n) is 2.05. The molecule has 96 valence electrons. The number of carbonyl (C=O) groups excluding carboxylic acids is 1. The van der Waals surface area contributed by atoms with Gasteiger partial charge in [0.15, 0.2) is 0 Å². The van der Waals surface area contributed by atoms with Crippen molar-refractivity contribution >= 4 is 11.7 Å². The van der Waals surface area contributed by atoms with Crippen molar-refractivity contribution in [2.24, 2.45) is 0 Å². The highest BCUT2D eigenvalue weighted by atomic mass is 19.4. The number of hydrogen-bond acceptors (Lipinski definition) is 1. The number of benzene rings is 1. The van der Waals surface area contributed by atoms with Gasteiger partial charge in [-0.1, -0.05) is 12.0 Å². The van der Waals surface area contributed by atoms with E-state index < -0.39 is 23.8 Å². The molecule has 1 aromatic rings. The van der Waals surface area contributed by atoms with Gasteiger partial charge in [-0.2, -0.15) is 13.2 Å². The number of alkyl halides is 3. The number of carbonyl (C=O) groups is 1. The summed E-state index contributed by atoms with van der Waals surface area (Å²) < 4.78 is 37.2. The maximum absolute atomic E-state index is 12.4. The summed E-state index contributed by atoms with van der Waals surface area (Å²) in [7, 11) is 0. The van der Waals surface area contributed by atoms with Crippen LogP contribution in [0.25, 0.3) is 0 Å². The quantitative estimate of drug-likeness (QED) is 0.785. The van der Waals surface area contributed by atoms with Crippen LogP contribution in [0.3, 0.4) is 0 Å². The summed E-state index contributed by atoms with van der Waals surface area (Å²) >= 11 is 0. The summed E-state index contributed by atoms with van der Waals surface area (Å²) in [6.45, 7) is 1.58. The van der Waals surface area contributed by atoms with E-state index in [0.29, 0.717) is 0 Å². The Morgan fingerprint density at radius 1 is 1.44 bits per heavy atom. The molecule has 0 aliphatic heterocycles. The Labute approximate surface area is 102 Å². The molecule has 1 aromatic carbocycles. The van der Waals surface area contributed by atoms with Gasteiger partial charge in [0.1, 0.15) is 0 Å². The second-order valence-corrected chi connectivity index (χ2v) is 3.57. The summed E-state index contributed by atoms with van der Waals surface area (Å²) in [5.41, 5.74) is -0.781. The van der Waals surface area contributed by atoms with Gasteiger partial charge in [0, 0.05) is 5.69 Å². The van der Waals surface area contributed by atoms with Crippen molar-refractivity contribution in [2.45, 2.75) is 19.1 Å². The highest BCUT2D eigenvalue weighted by molar-refractivity contribution is 5.89. The number of anilines is 1. The predicted octanol–water partition coefficient (Wildman–Crippen LogP) is 2.85. The molecule has 0 saturated carbocycles. The molecule has 0 aromatic heterocycles. The SMILES string of the molecule is C#CC(C)NC(=O)Nc1cccc(C(F)(F)F)c1. The van der Waals surface area contributed by atoms with Crippen molar-refractivity contribution in [3.63, 3.8) is 0 Å². The maximum Gasteiger partial charge on any atom is 0.416 e. The van der Waals surface area contributed by atoms with Crippen LogP contribution in [0, 0.1) is 12.3 Å². The zero-order chi connectivity index (χ0) is 13.8. The van der Waals surface area contributed by atoms with E-state index in [1.807, 2.05) is 0 Å². The third kappa shape index (κ3) is 4.01. The number of rotatable bonds is 2. The van der Waals surface area contributed by atoms with Crippen LogP contribution in [-0.4, -0.2) is 12.1 Å².